The molecule has 0 radical (unpaired) electrons. The molecule has 0 atom stereocenters. The van der Waals surface area contributed by atoms with Crippen LogP contribution in [0.1, 0.15) is 23.9 Å². The van der Waals surface area contributed by atoms with Crippen molar-refractivity contribution in [1.82, 2.24) is 10.1 Å². The van der Waals surface area contributed by atoms with Gasteiger partial charge >= 0.3 is 0 Å². The van der Waals surface area contributed by atoms with Gasteiger partial charge in [0.2, 0.25) is 0 Å². The molecule has 0 aliphatic rings. The van der Waals surface area contributed by atoms with Crippen LogP contribution >= 0.6 is 0 Å². The molecule has 0 unspecified atom stereocenters. The first-order chi connectivity index (χ1) is 13.1. The summed E-state index contributed by atoms with van der Waals surface area (Å²) in [7, 11) is -2.47. The Balaban J connectivity index is 2.05. The standard InChI is InChI=1S/C19H18F2N2O4S/c1-12-22-18(27-23-12)17-8-7-15(26-3)9-13(17)11-28(24,25)16-6-4-5-14(10-16)19(2,20)21/h4-10H,11H2,1-3H3. The summed E-state index contributed by atoms with van der Waals surface area (Å²) in [4.78, 5) is 3.94. The number of benzene rings is 2. The maximum atomic E-state index is 13.6. The molecule has 3 aromatic rings. The van der Waals surface area contributed by atoms with Crippen molar-refractivity contribution in [2.24, 2.45) is 0 Å². The highest BCUT2D eigenvalue weighted by molar-refractivity contribution is 7.90. The molecule has 0 fully saturated rings. The van der Waals surface area contributed by atoms with Gasteiger partial charge in [-0.15, -0.1) is 0 Å². The largest absolute Gasteiger partial charge is 0.497 e. The van der Waals surface area contributed by atoms with Crippen molar-refractivity contribution in [3.63, 3.8) is 0 Å². The summed E-state index contributed by atoms with van der Waals surface area (Å²) in [6.45, 7) is 2.36. The number of methoxy groups -OCH3 is 1. The number of nitrogens with zero attached hydrogens (tertiary/aromatic N) is 2. The molecule has 0 N–H and O–H groups in total. The number of hydrogen-bond acceptors (Lipinski definition) is 6. The fourth-order valence-electron chi connectivity index (χ4n) is 2.68. The van der Waals surface area contributed by atoms with E-state index in [9.17, 15) is 17.2 Å². The maximum absolute atomic E-state index is 13.6. The highest BCUT2D eigenvalue weighted by Crippen LogP contribution is 2.32. The third-order valence-corrected chi connectivity index (χ3v) is 5.78. The zero-order valence-corrected chi connectivity index (χ0v) is 16.3. The van der Waals surface area contributed by atoms with Gasteiger partial charge in [0.25, 0.3) is 11.8 Å². The number of rotatable bonds is 6. The quantitative estimate of drug-likeness (QED) is 0.610. The molecule has 0 bridgehead atoms. The molecule has 0 spiro atoms. The molecule has 0 saturated heterocycles. The van der Waals surface area contributed by atoms with E-state index in [-0.39, 0.29) is 16.3 Å². The first kappa shape index (κ1) is 19.9. The van der Waals surface area contributed by atoms with Crippen molar-refractivity contribution < 1.29 is 26.5 Å². The summed E-state index contributed by atoms with van der Waals surface area (Å²) in [5.74, 6) is -2.58. The molecule has 0 amide bonds. The van der Waals surface area contributed by atoms with E-state index in [1.54, 1.807) is 25.1 Å². The highest BCUT2D eigenvalue weighted by atomic mass is 32.2. The summed E-state index contributed by atoms with van der Waals surface area (Å²) < 4.78 is 63.4. The van der Waals surface area contributed by atoms with E-state index in [0.717, 1.165) is 13.0 Å². The Morgan fingerprint density at radius 3 is 2.54 bits per heavy atom. The molecule has 1 aromatic heterocycles. The number of hydrogen-bond donors (Lipinski definition) is 0. The van der Waals surface area contributed by atoms with Crippen molar-refractivity contribution in [2.75, 3.05) is 7.11 Å². The smallest absolute Gasteiger partial charge is 0.270 e. The van der Waals surface area contributed by atoms with Crippen molar-refractivity contribution in [3.8, 4) is 17.2 Å². The van der Waals surface area contributed by atoms with Gasteiger partial charge < -0.3 is 9.26 Å². The van der Waals surface area contributed by atoms with Crippen molar-refractivity contribution >= 4 is 9.84 Å². The van der Waals surface area contributed by atoms with Crippen LogP contribution in [0.5, 0.6) is 5.75 Å². The van der Waals surface area contributed by atoms with E-state index in [1.165, 1.54) is 25.3 Å². The van der Waals surface area contributed by atoms with Crippen LogP contribution in [0.4, 0.5) is 8.78 Å². The zero-order valence-electron chi connectivity index (χ0n) is 15.4. The summed E-state index contributed by atoms with van der Waals surface area (Å²) in [6.07, 6.45) is 0. The molecule has 148 valence electrons. The van der Waals surface area contributed by atoms with Gasteiger partial charge in [-0.3, -0.25) is 0 Å². The molecular formula is C19H18F2N2O4S. The minimum atomic E-state index is -3.92. The van der Waals surface area contributed by atoms with Gasteiger partial charge in [-0.25, -0.2) is 17.2 Å². The first-order valence-electron chi connectivity index (χ1n) is 8.29. The van der Waals surface area contributed by atoms with Gasteiger partial charge in [-0.05, 0) is 42.8 Å². The molecular weight excluding hydrogens is 390 g/mol. The van der Waals surface area contributed by atoms with Crippen LogP contribution in [0.25, 0.3) is 11.5 Å². The van der Waals surface area contributed by atoms with Gasteiger partial charge in [-0.1, -0.05) is 17.3 Å². The number of halogens is 2. The van der Waals surface area contributed by atoms with Crippen molar-refractivity contribution in [3.05, 3.63) is 59.4 Å². The monoisotopic (exact) mass is 408 g/mol. The number of ether oxygens (including phenoxy) is 1. The van der Waals surface area contributed by atoms with Crippen LogP contribution in [-0.2, 0) is 21.5 Å². The third kappa shape index (κ3) is 4.19. The maximum Gasteiger partial charge on any atom is 0.270 e. The van der Waals surface area contributed by atoms with Gasteiger partial charge in [-0.2, -0.15) is 4.98 Å². The Bertz CT molecular complexity index is 1110. The Morgan fingerprint density at radius 2 is 1.93 bits per heavy atom. The van der Waals surface area contributed by atoms with Crippen LogP contribution in [-0.4, -0.2) is 25.7 Å². The Hall–Kier alpha value is -2.81. The normalized spacial score (nSPS) is 12.2. The molecule has 3 rings (SSSR count). The van der Waals surface area contributed by atoms with Gasteiger partial charge in [0.1, 0.15) is 5.75 Å². The Kier molecular flexibility index (Phi) is 5.20. The second kappa shape index (κ2) is 7.31. The lowest BCUT2D eigenvalue weighted by Gasteiger charge is -2.13. The van der Waals surface area contributed by atoms with Gasteiger partial charge in [0.15, 0.2) is 15.7 Å². The van der Waals surface area contributed by atoms with E-state index in [1.807, 2.05) is 0 Å². The summed E-state index contributed by atoms with van der Waals surface area (Å²) in [5.41, 5.74) is 0.422. The van der Waals surface area contributed by atoms with Crippen LogP contribution in [0.15, 0.2) is 51.9 Å². The molecule has 28 heavy (non-hydrogen) atoms. The lowest BCUT2D eigenvalue weighted by Crippen LogP contribution is -2.11. The Morgan fingerprint density at radius 1 is 1.18 bits per heavy atom. The lowest BCUT2D eigenvalue weighted by molar-refractivity contribution is 0.0172. The average Bonchev–Trinajstić information content (AvgIpc) is 3.07. The number of sulfone groups is 1. The number of aryl methyl sites for hydroxylation is 1. The van der Waals surface area contributed by atoms with E-state index < -0.39 is 21.5 Å². The third-order valence-electron chi connectivity index (χ3n) is 4.12. The van der Waals surface area contributed by atoms with Gasteiger partial charge in [0.05, 0.1) is 17.8 Å². The molecule has 9 heteroatoms. The van der Waals surface area contributed by atoms with Gasteiger partial charge in [0, 0.05) is 18.1 Å². The fourth-order valence-corrected chi connectivity index (χ4v) is 4.09. The highest BCUT2D eigenvalue weighted by Gasteiger charge is 2.27. The van der Waals surface area contributed by atoms with Crippen molar-refractivity contribution in [2.45, 2.75) is 30.4 Å². The molecule has 0 saturated carbocycles. The van der Waals surface area contributed by atoms with Crippen LogP contribution in [0.2, 0.25) is 0 Å². The minimum absolute atomic E-state index is 0.166. The van der Waals surface area contributed by atoms with E-state index >= 15 is 0 Å². The first-order valence-corrected chi connectivity index (χ1v) is 9.94. The molecule has 0 aliphatic heterocycles. The topological polar surface area (TPSA) is 82.3 Å². The van der Waals surface area contributed by atoms with E-state index in [0.29, 0.717) is 22.7 Å². The predicted molar refractivity (Wildman–Crippen MR) is 97.9 cm³/mol. The van der Waals surface area contributed by atoms with Crippen LogP contribution in [0, 0.1) is 6.92 Å². The van der Waals surface area contributed by atoms with Crippen LogP contribution in [0.3, 0.4) is 0 Å². The molecule has 2 aromatic carbocycles. The fraction of sp³-hybridized carbons (Fsp3) is 0.263. The average molecular weight is 408 g/mol. The van der Waals surface area contributed by atoms with Crippen molar-refractivity contribution in [1.29, 1.82) is 0 Å². The van der Waals surface area contributed by atoms with E-state index in [2.05, 4.69) is 10.1 Å². The molecule has 1 heterocycles. The summed E-state index contributed by atoms with van der Waals surface area (Å²) in [5, 5.41) is 3.72. The minimum Gasteiger partial charge on any atom is -0.497 e. The lowest BCUT2D eigenvalue weighted by atomic mass is 10.1. The SMILES string of the molecule is COc1ccc(-c2nc(C)no2)c(CS(=O)(=O)c2cccc(C(C)(F)F)c2)c1. The summed E-state index contributed by atoms with van der Waals surface area (Å²) in [6, 6.07) is 9.58. The Labute approximate surface area is 161 Å². The zero-order chi connectivity index (χ0) is 20.5. The predicted octanol–water partition coefficient (Wildman–Crippen LogP) is 4.14. The second-order valence-electron chi connectivity index (χ2n) is 6.35. The number of aromatic nitrogens is 2. The number of alkyl halides is 2. The van der Waals surface area contributed by atoms with Crippen LogP contribution < -0.4 is 4.74 Å². The summed E-state index contributed by atoms with van der Waals surface area (Å²) >= 11 is 0. The molecule has 6 nitrogen and oxygen atoms in total. The van der Waals surface area contributed by atoms with E-state index in [4.69, 9.17) is 9.26 Å². The molecule has 0 aliphatic carbocycles. The second-order valence-corrected chi connectivity index (χ2v) is 8.33.